The normalized spacial score (nSPS) is 14.8. The number of rotatable bonds is 5. The molecule has 1 amide bonds. The summed E-state index contributed by atoms with van der Waals surface area (Å²) in [5, 5.41) is 12.0. The molecule has 1 N–H and O–H groups in total. The Kier molecular flexibility index (Phi) is 5.47. The largest absolute Gasteiger partial charge is 0.441 e. The fraction of sp³-hybridized carbons (Fsp3) is 0.316. The summed E-state index contributed by atoms with van der Waals surface area (Å²) < 4.78 is 5.78. The van der Waals surface area contributed by atoms with Crippen molar-refractivity contribution in [3.05, 3.63) is 53.6 Å². The van der Waals surface area contributed by atoms with Gasteiger partial charge in [-0.1, -0.05) is 6.07 Å². The molecule has 25 heavy (non-hydrogen) atoms. The van der Waals surface area contributed by atoms with Crippen molar-refractivity contribution in [1.29, 1.82) is 5.26 Å². The first-order chi connectivity index (χ1) is 12.3. The second kappa shape index (κ2) is 8.15. The van der Waals surface area contributed by atoms with E-state index in [4.69, 9.17) is 4.42 Å². The molecule has 1 fully saturated rings. The van der Waals surface area contributed by atoms with Crippen LogP contribution in [-0.4, -0.2) is 24.0 Å². The number of nitrogens with one attached hydrogen (secondary N) is 1. The second-order valence-electron chi connectivity index (χ2n) is 5.94. The summed E-state index contributed by atoms with van der Waals surface area (Å²) in [6.45, 7) is 2.28. The molecule has 128 valence electrons. The number of anilines is 1. The van der Waals surface area contributed by atoms with Crippen LogP contribution in [0.4, 0.5) is 5.88 Å². The highest BCUT2D eigenvalue weighted by molar-refractivity contribution is 6.01. The molecule has 1 aliphatic rings. The number of carbonyl (C=O) groups is 1. The number of hydrogen-bond acceptors (Lipinski definition) is 5. The Bertz CT molecular complexity index is 783. The maximum absolute atomic E-state index is 12.2. The van der Waals surface area contributed by atoms with Crippen molar-refractivity contribution < 1.29 is 9.21 Å². The summed E-state index contributed by atoms with van der Waals surface area (Å²) in [5.74, 6) is 0.870. The monoisotopic (exact) mass is 336 g/mol. The van der Waals surface area contributed by atoms with E-state index >= 15 is 0 Å². The third-order valence-electron chi connectivity index (χ3n) is 4.11. The third kappa shape index (κ3) is 4.48. The summed E-state index contributed by atoms with van der Waals surface area (Å²) in [5.41, 5.74) is 0.891. The van der Waals surface area contributed by atoms with Crippen molar-refractivity contribution in [2.24, 2.45) is 0 Å². The van der Waals surface area contributed by atoms with Crippen LogP contribution in [0, 0.1) is 11.3 Å². The molecule has 3 heterocycles. The van der Waals surface area contributed by atoms with Gasteiger partial charge in [-0.2, -0.15) is 5.26 Å². The first kappa shape index (κ1) is 16.8. The lowest BCUT2D eigenvalue weighted by atomic mass is 10.1. The summed E-state index contributed by atoms with van der Waals surface area (Å²) in [7, 11) is 0. The molecule has 0 aromatic carbocycles. The maximum Gasteiger partial charge on any atom is 0.262 e. The van der Waals surface area contributed by atoms with Gasteiger partial charge < -0.3 is 14.6 Å². The first-order valence-corrected chi connectivity index (χ1v) is 8.40. The molecule has 6 heteroatoms. The second-order valence-corrected chi connectivity index (χ2v) is 5.94. The fourth-order valence-electron chi connectivity index (χ4n) is 2.78. The van der Waals surface area contributed by atoms with Crippen LogP contribution in [-0.2, 0) is 11.3 Å². The number of furan rings is 1. The van der Waals surface area contributed by atoms with Crippen LogP contribution in [0.3, 0.4) is 0 Å². The average molecular weight is 336 g/mol. The van der Waals surface area contributed by atoms with Crippen molar-refractivity contribution in [2.45, 2.75) is 25.8 Å². The molecule has 0 bridgehead atoms. The van der Waals surface area contributed by atoms with Gasteiger partial charge in [0.15, 0.2) is 5.88 Å². The lowest BCUT2D eigenvalue weighted by molar-refractivity contribution is -0.117. The van der Waals surface area contributed by atoms with E-state index in [1.807, 2.05) is 18.2 Å². The van der Waals surface area contributed by atoms with Gasteiger partial charge in [0, 0.05) is 44.2 Å². The van der Waals surface area contributed by atoms with Crippen LogP contribution >= 0.6 is 0 Å². The molecule has 0 saturated carbocycles. The number of hydrogen-bond donors (Lipinski definition) is 1. The highest BCUT2D eigenvalue weighted by Gasteiger charge is 2.15. The van der Waals surface area contributed by atoms with E-state index in [0.717, 1.165) is 37.4 Å². The Morgan fingerprint density at radius 3 is 2.88 bits per heavy atom. The van der Waals surface area contributed by atoms with Gasteiger partial charge in [0.25, 0.3) is 5.91 Å². The zero-order chi connectivity index (χ0) is 17.5. The number of piperidine rings is 1. The summed E-state index contributed by atoms with van der Waals surface area (Å²) in [6.07, 6.45) is 8.39. The smallest absolute Gasteiger partial charge is 0.262 e. The van der Waals surface area contributed by atoms with E-state index in [-0.39, 0.29) is 5.57 Å². The SMILES string of the molecule is N#CC(=Cc1ccc(N2CCCCC2)o1)C(=O)NCc1cccnc1. The minimum absolute atomic E-state index is 0.0171. The predicted molar refractivity (Wildman–Crippen MR) is 94.4 cm³/mol. The molecular weight excluding hydrogens is 316 g/mol. The standard InChI is InChI=1S/C19H20N4O2/c20-12-16(19(24)22-14-15-5-4-8-21-13-15)11-17-6-7-18(25-17)23-9-2-1-3-10-23/h4-8,11,13H,1-3,9-10,14H2,(H,22,24). The van der Waals surface area contributed by atoms with E-state index < -0.39 is 5.91 Å². The molecule has 0 unspecified atom stereocenters. The van der Waals surface area contributed by atoms with E-state index in [9.17, 15) is 10.1 Å². The topological polar surface area (TPSA) is 82.2 Å². The van der Waals surface area contributed by atoms with Gasteiger partial charge in [-0.3, -0.25) is 9.78 Å². The first-order valence-electron chi connectivity index (χ1n) is 8.40. The van der Waals surface area contributed by atoms with Gasteiger partial charge in [0.05, 0.1) is 0 Å². The Labute approximate surface area is 146 Å². The van der Waals surface area contributed by atoms with Crippen molar-refractivity contribution in [3.8, 4) is 6.07 Å². The zero-order valence-corrected chi connectivity index (χ0v) is 13.9. The molecule has 3 rings (SSSR count). The highest BCUT2D eigenvalue weighted by Crippen LogP contribution is 2.23. The zero-order valence-electron chi connectivity index (χ0n) is 13.9. The summed E-state index contributed by atoms with van der Waals surface area (Å²) in [6, 6.07) is 9.27. The molecule has 2 aromatic rings. The van der Waals surface area contributed by atoms with Crippen LogP contribution in [0.1, 0.15) is 30.6 Å². The molecule has 0 atom stereocenters. The quantitative estimate of drug-likeness (QED) is 0.670. The number of nitrogens with zero attached hydrogens (tertiary/aromatic N) is 3. The van der Waals surface area contributed by atoms with Crippen molar-refractivity contribution in [3.63, 3.8) is 0 Å². The lowest BCUT2D eigenvalue weighted by Crippen LogP contribution is -2.28. The lowest BCUT2D eigenvalue weighted by Gasteiger charge is -2.25. The van der Waals surface area contributed by atoms with Crippen molar-refractivity contribution in [1.82, 2.24) is 10.3 Å². The molecule has 1 aliphatic heterocycles. The predicted octanol–water partition coefficient (Wildman–Crippen LogP) is 2.89. The number of aromatic nitrogens is 1. The average Bonchev–Trinajstić information content (AvgIpc) is 3.14. The van der Waals surface area contributed by atoms with Crippen LogP contribution < -0.4 is 10.2 Å². The van der Waals surface area contributed by atoms with Gasteiger partial charge in [0.2, 0.25) is 0 Å². The van der Waals surface area contributed by atoms with Gasteiger partial charge >= 0.3 is 0 Å². The minimum atomic E-state index is -0.428. The Hall–Kier alpha value is -3.07. The van der Waals surface area contributed by atoms with Gasteiger partial charge in [-0.15, -0.1) is 0 Å². The van der Waals surface area contributed by atoms with Crippen LogP contribution in [0.15, 0.2) is 46.6 Å². The molecular formula is C19H20N4O2. The molecule has 2 aromatic heterocycles. The number of amides is 1. The Morgan fingerprint density at radius 1 is 1.32 bits per heavy atom. The Morgan fingerprint density at radius 2 is 2.16 bits per heavy atom. The van der Waals surface area contributed by atoms with E-state index in [0.29, 0.717) is 12.3 Å². The van der Waals surface area contributed by atoms with E-state index in [1.165, 1.54) is 12.5 Å². The van der Waals surface area contributed by atoms with Crippen molar-refractivity contribution >= 4 is 17.9 Å². The highest BCUT2D eigenvalue weighted by atomic mass is 16.4. The molecule has 0 radical (unpaired) electrons. The van der Waals surface area contributed by atoms with Crippen molar-refractivity contribution in [2.75, 3.05) is 18.0 Å². The number of pyridine rings is 1. The molecule has 0 spiro atoms. The number of nitriles is 1. The van der Waals surface area contributed by atoms with Crippen LogP contribution in [0.2, 0.25) is 0 Å². The van der Waals surface area contributed by atoms with Crippen LogP contribution in [0.25, 0.3) is 6.08 Å². The van der Waals surface area contributed by atoms with E-state index in [1.54, 1.807) is 24.5 Å². The summed E-state index contributed by atoms with van der Waals surface area (Å²) in [4.78, 5) is 18.4. The molecule has 1 saturated heterocycles. The fourth-order valence-corrected chi connectivity index (χ4v) is 2.78. The van der Waals surface area contributed by atoms with Gasteiger partial charge in [0.1, 0.15) is 17.4 Å². The molecule has 6 nitrogen and oxygen atoms in total. The van der Waals surface area contributed by atoms with Crippen LogP contribution in [0.5, 0.6) is 0 Å². The number of carbonyl (C=O) groups excluding carboxylic acids is 1. The molecule has 0 aliphatic carbocycles. The minimum Gasteiger partial charge on any atom is -0.441 e. The van der Waals surface area contributed by atoms with Gasteiger partial charge in [-0.25, -0.2) is 0 Å². The Balaban J connectivity index is 1.64. The van der Waals surface area contributed by atoms with E-state index in [2.05, 4.69) is 15.2 Å². The summed E-state index contributed by atoms with van der Waals surface area (Å²) >= 11 is 0. The van der Waals surface area contributed by atoms with Gasteiger partial charge in [-0.05, 0) is 37.0 Å². The third-order valence-corrected chi connectivity index (χ3v) is 4.11. The maximum atomic E-state index is 12.2.